The Bertz CT molecular complexity index is 1680. The summed E-state index contributed by atoms with van der Waals surface area (Å²) < 4.78 is 31.0. The molecule has 1 aliphatic heterocycles. The minimum Gasteiger partial charge on any atom is -0.347 e. The minimum atomic E-state index is -3.99. The zero-order chi connectivity index (χ0) is 25.6. The summed E-state index contributed by atoms with van der Waals surface area (Å²) in [5, 5.41) is 3.17. The van der Waals surface area contributed by atoms with Crippen LogP contribution in [0.5, 0.6) is 0 Å². The number of anilines is 1. The van der Waals surface area contributed by atoms with Gasteiger partial charge in [-0.25, -0.2) is 13.1 Å². The van der Waals surface area contributed by atoms with E-state index in [1.165, 1.54) is 17.8 Å². The van der Waals surface area contributed by atoms with Crippen molar-refractivity contribution in [3.05, 3.63) is 118 Å². The molecular weight excluding hydrogens is 476 g/mol. The number of nitrogens with one attached hydrogen (secondary N) is 1. The highest BCUT2D eigenvalue weighted by Crippen LogP contribution is 2.37. The molecule has 0 spiro atoms. The molecule has 4 aromatic rings. The quantitative estimate of drug-likeness (QED) is 0.421. The number of Topliss-reactive ketones (excluding diaryl/α,β-unsaturated/α-hetero) is 1. The van der Waals surface area contributed by atoms with E-state index >= 15 is 0 Å². The van der Waals surface area contributed by atoms with Gasteiger partial charge in [0.25, 0.3) is 15.6 Å². The zero-order valence-electron chi connectivity index (χ0n) is 20.0. The number of nitrogens with zero attached hydrogens (tertiary/aromatic N) is 3. The van der Waals surface area contributed by atoms with E-state index in [-0.39, 0.29) is 27.5 Å². The van der Waals surface area contributed by atoms with Gasteiger partial charge in [-0.15, -0.1) is 0 Å². The van der Waals surface area contributed by atoms with Crippen LogP contribution in [0.2, 0.25) is 0 Å². The van der Waals surface area contributed by atoms with E-state index in [0.717, 1.165) is 4.31 Å². The van der Waals surface area contributed by atoms with Crippen molar-refractivity contribution in [3.63, 3.8) is 0 Å². The van der Waals surface area contributed by atoms with E-state index in [9.17, 15) is 18.0 Å². The first kappa shape index (κ1) is 23.4. The molecule has 0 radical (unpaired) electrons. The maximum absolute atomic E-state index is 13.7. The van der Waals surface area contributed by atoms with Crippen molar-refractivity contribution in [2.75, 3.05) is 12.4 Å². The Morgan fingerprint density at radius 3 is 2.08 bits per heavy atom. The third kappa shape index (κ3) is 3.56. The second-order valence-electron chi connectivity index (χ2n) is 8.45. The van der Waals surface area contributed by atoms with Crippen LogP contribution >= 0.6 is 0 Å². The van der Waals surface area contributed by atoms with Crippen molar-refractivity contribution < 1.29 is 13.2 Å². The van der Waals surface area contributed by atoms with Crippen molar-refractivity contribution >= 4 is 27.2 Å². The fourth-order valence-corrected chi connectivity index (χ4v) is 5.81. The highest BCUT2D eigenvalue weighted by Gasteiger charge is 2.38. The Morgan fingerprint density at radius 2 is 1.42 bits per heavy atom. The van der Waals surface area contributed by atoms with Crippen molar-refractivity contribution in [3.8, 4) is 5.69 Å². The number of ketones is 1. The predicted molar refractivity (Wildman–Crippen MR) is 138 cm³/mol. The molecule has 182 valence electrons. The molecule has 8 nitrogen and oxygen atoms in total. The molecule has 0 aliphatic carbocycles. The number of aromatic nitrogens is 2. The highest BCUT2D eigenvalue weighted by molar-refractivity contribution is 7.89. The summed E-state index contributed by atoms with van der Waals surface area (Å²) in [4.78, 5) is 27.3. The summed E-state index contributed by atoms with van der Waals surface area (Å²) in [7, 11) is -0.869. The van der Waals surface area contributed by atoms with Crippen LogP contribution in [-0.2, 0) is 17.1 Å². The topological polar surface area (TPSA) is 93.4 Å². The normalized spacial score (nSPS) is 14.5. The summed E-state index contributed by atoms with van der Waals surface area (Å²) in [5.74, 6) is -0.476. The average molecular weight is 501 g/mol. The first-order chi connectivity index (χ1) is 17.2. The van der Waals surface area contributed by atoms with Crippen molar-refractivity contribution in [2.24, 2.45) is 7.05 Å². The van der Waals surface area contributed by atoms with Gasteiger partial charge in [0, 0.05) is 25.2 Å². The third-order valence-electron chi connectivity index (χ3n) is 6.40. The van der Waals surface area contributed by atoms with Crippen LogP contribution in [-0.4, -0.2) is 34.9 Å². The van der Waals surface area contributed by atoms with Gasteiger partial charge in [-0.2, -0.15) is 0 Å². The summed E-state index contributed by atoms with van der Waals surface area (Å²) >= 11 is 0. The zero-order valence-corrected chi connectivity index (χ0v) is 20.8. The van der Waals surface area contributed by atoms with Gasteiger partial charge in [0.2, 0.25) is 5.78 Å². The van der Waals surface area contributed by atoms with Crippen LogP contribution in [0.15, 0.2) is 100 Å². The van der Waals surface area contributed by atoms with E-state index in [1.54, 1.807) is 67.2 Å². The predicted octanol–water partition coefficient (Wildman–Crippen LogP) is 3.78. The lowest BCUT2D eigenvalue weighted by Crippen LogP contribution is -2.36. The molecule has 2 heterocycles. The van der Waals surface area contributed by atoms with Gasteiger partial charge in [-0.05, 0) is 25.1 Å². The Labute approximate surface area is 208 Å². The molecule has 3 aromatic carbocycles. The number of fused-ring (bicyclic) bond motifs is 1. The monoisotopic (exact) mass is 500 g/mol. The number of hydrogen-bond acceptors (Lipinski definition) is 5. The van der Waals surface area contributed by atoms with E-state index in [1.807, 2.05) is 30.3 Å². The van der Waals surface area contributed by atoms with Crippen LogP contribution in [0.4, 0.5) is 5.69 Å². The Hall–Kier alpha value is -4.37. The van der Waals surface area contributed by atoms with Gasteiger partial charge in [-0.3, -0.25) is 18.6 Å². The van der Waals surface area contributed by atoms with Crippen molar-refractivity contribution in [1.82, 2.24) is 13.7 Å². The molecule has 0 atom stereocenters. The van der Waals surface area contributed by atoms with E-state index in [0.29, 0.717) is 22.5 Å². The summed E-state index contributed by atoms with van der Waals surface area (Å²) in [6.45, 7) is 1.79. The molecule has 5 rings (SSSR count). The van der Waals surface area contributed by atoms with Crippen LogP contribution < -0.4 is 10.9 Å². The van der Waals surface area contributed by atoms with Crippen LogP contribution in [0.25, 0.3) is 11.4 Å². The lowest BCUT2D eigenvalue weighted by molar-refractivity contribution is 0.101. The lowest BCUT2D eigenvalue weighted by atomic mass is 10.0. The fraction of sp³-hybridized carbons (Fsp3) is 0.111. The Morgan fingerprint density at radius 1 is 0.833 bits per heavy atom. The Kier molecular flexibility index (Phi) is 5.64. The molecule has 0 bridgehead atoms. The number of likely N-dealkylation sites (N-methyl/N-ethyl adjacent to an activating group) is 1. The maximum Gasteiger partial charge on any atom is 0.295 e. The smallest absolute Gasteiger partial charge is 0.295 e. The van der Waals surface area contributed by atoms with E-state index in [2.05, 4.69) is 5.32 Å². The molecule has 1 N–H and O–H groups in total. The van der Waals surface area contributed by atoms with Crippen LogP contribution in [0.3, 0.4) is 0 Å². The molecule has 0 fully saturated rings. The molecular formula is C27H24N4O4S. The molecule has 0 amide bonds. The van der Waals surface area contributed by atoms with Gasteiger partial charge in [0.1, 0.15) is 11.4 Å². The number of para-hydroxylation sites is 1. The number of hydrogen-bond donors (Lipinski definition) is 1. The number of sulfonamides is 1. The van der Waals surface area contributed by atoms with Gasteiger partial charge >= 0.3 is 0 Å². The van der Waals surface area contributed by atoms with Crippen LogP contribution in [0, 0.1) is 6.92 Å². The maximum atomic E-state index is 13.7. The largest absolute Gasteiger partial charge is 0.347 e. The first-order valence-corrected chi connectivity index (χ1v) is 12.7. The number of rotatable bonds is 5. The first-order valence-electron chi connectivity index (χ1n) is 11.3. The van der Waals surface area contributed by atoms with Gasteiger partial charge in [0.05, 0.1) is 22.0 Å². The van der Waals surface area contributed by atoms with Crippen molar-refractivity contribution in [1.29, 1.82) is 0 Å². The van der Waals surface area contributed by atoms with E-state index < -0.39 is 15.8 Å². The molecule has 36 heavy (non-hydrogen) atoms. The second-order valence-corrected chi connectivity index (χ2v) is 10.4. The summed E-state index contributed by atoms with van der Waals surface area (Å²) in [6, 6.07) is 24.1. The molecule has 9 heteroatoms. The minimum absolute atomic E-state index is 0.0524. The third-order valence-corrected chi connectivity index (χ3v) is 8.22. The molecule has 0 saturated carbocycles. The molecule has 1 aromatic heterocycles. The SMILES string of the molecule is Cc1c(NC2=C(C(=O)c3ccccc3)N(C)S(=O)(=O)c3ccccc32)c(=O)n(-c2ccccc2)n1C. The fourth-order valence-electron chi connectivity index (χ4n) is 4.40. The number of benzene rings is 3. The standard InChI is InChI=1S/C27H24N4O4S/c1-18-23(27(33)31(29(18)2)20-14-8-5-9-15-20)28-24-21-16-10-11-17-22(21)36(34,35)30(3)25(24)26(32)19-12-6-4-7-13-19/h4-17,28H,1-3H3. The van der Waals surface area contributed by atoms with Gasteiger partial charge in [0.15, 0.2) is 0 Å². The molecule has 1 aliphatic rings. The number of carbonyl (C=O) groups excluding carboxylic acids is 1. The average Bonchev–Trinajstić information content (AvgIpc) is 3.11. The number of allylic oxidation sites excluding steroid dienone is 1. The van der Waals surface area contributed by atoms with Gasteiger partial charge < -0.3 is 5.32 Å². The van der Waals surface area contributed by atoms with Crippen molar-refractivity contribution in [2.45, 2.75) is 11.8 Å². The molecule has 0 unspecified atom stereocenters. The highest BCUT2D eigenvalue weighted by atomic mass is 32.2. The summed E-state index contributed by atoms with van der Waals surface area (Å²) in [5.41, 5.74) is 2.07. The Balaban J connectivity index is 1.77. The van der Waals surface area contributed by atoms with Gasteiger partial charge in [-0.1, -0.05) is 66.7 Å². The van der Waals surface area contributed by atoms with E-state index in [4.69, 9.17) is 0 Å². The van der Waals surface area contributed by atoms with Crippen LogP contribution in [0.1, 0.15) is 21.6 Å². The summed E-state index contributed by atoms with van der Waals surface area (Å²) in [6.07, 6.45) is 0. The second kappa shape index (κ2) is 8.69. The molecule has 0 saturated heterocycles. The lowest BCUT2D eigenvalue weighted by Gasteiger charge is -2.31. The number of carbonyl (C=O) groups is 1.